The molecule has 0 spiro atoms. The molecule has 0 aliphatic heterocycles. The van der Waals surface area contributed by atoms with Crippen molar-refractivity contribution in [2.24, 2.45) is 0 Å². The third kappa shape index (κ3) is 6.14. The summed E-state index contributed by atoms with van der Waals surface area (Å²) >= 11 is 0. The minimum absolute atomic E-state index is 0.150. The van der Waals surface area contributed by atoms with Crippen LogP contribution in [0.15, 0.2) is 53.4 Å². The van der Waals surface area contributed by atoms with Crippen molar-refractivity contribution >= 4 is 27.5 Å². The normalized spacial score (nSPS) is 11.4. The zero-order chi connectivity index (χ0) is 19.9. The lowest BCUT2D eigenvalue weighted by Crippen LogP contribution is -2.08. The van der Waals surface area contributed by atoms with E-state index in [0.717, 1.165) is 11.8 Å². The summed E-state index contributed by atoms with van der Waals surface area (Å²) in [5, 5.41) is 2.65. The second kappa shape index (κ2) is 9.23. The number of benzene rings is 2. The standard InChI is InChI=1S/C20H23NO5S/c1-4-25-18-11-9-15(13-19(18)26-5-2)10-12-20(22)21-16-7-6-8-17(14-16)27(3,23)24/h6-14H,4-5H2,1-3H3,(H,21,22)/b12-10+. The maximum Gasteiger partial charge on any atom is 0.248 e. The molecule has 0 fully saturated rings. The summed E-state index contributed by atoms with van der Waals surface area (Å²) in [6.45, 7) is 4.82. The van der Waals surface area contributed by atoms with Gasteiger partial charge in [-0.2, -0.15) is 0 Å². The van der Waals surface area contributed by atoms with Gasteiger partial charge in [-0.25, -0.2) is 8.42 Å². The fourth-order valence-corrected chi connectivity index (χ4v) is 3.00. The summed E-state index contributed by atoms with van der Waals surface area (Å²) in [7, 11) is -3.33. The Balaban J connectivity index is 2.11. The van der Waals surface area contributed by atoms with E-state index in [0.29, 0.717) is 30.4 Å². The van der Waals surface area contributed by atoms with Crippen molar-refractivity contribution in [3.05, 3.63) is 54.1 Å². The van der Waals surface area contributed by atoms with Crippen molar-refractivity contribution in [1.29, 1.82) is 0 Å². The van der Waals surface area contributed by atoms with Crippen molar-refractivity contribution in [2.45, 2.75) is 18.7 Å². The molecule has 6 nitrogen and oxygen atoms in total. The zero-order valence-corrected chi connectivity index (χ0v) is 16.4. The molecule has 0 unspecified atom stereocenters. The molecule has 2 aromatic carbocycles. The minimum Gasteiger partial charge on any atom is -0.490 e. The number of carbonyl (C=O) groups excluding carboxylic acids is 1. The first-order valence-corrected chi connectivity index (χ1v) is 10.4. The maximum atomic E-state index is 12.1. The van der Waals surface area contributed by atoms with Crippen LogP contribution in [0.2, 0.25) is 0 Å². The van der Waals surface area contributed by atoms with Gasteiger partial charge < -0.3 is 14.8 Å². The minimum atomic E-state index is -3.33. The Bertz CT molecular complexity index is 935. The van der Waals surface area contributed by atoms with Crippen LogP contribution in [0.25, 0.3) is 6.08 Å². The van der Waals surface area contributed by atoms with Gasteiger partial charge in [0.05, 0.1) is 18.1 Å². The Morgan fingerprint density at radius 2 is 1.74 bits per heavy atom. The largest absolute Gasteiger partial charge is 0.490 e. The first-order valence-electron chi connectivity index (χ1n) is 8.52. The molecular weight excluding hydrogens is 366 g/mol. The average molecular weight is 389 g/mol. The van der Waals surface area contributed by atoms with Crippen molar-refractivity contribution in [3.63, 3.8) is 0 Å². The van der Waals surface area contributed by atoms with E-state index in [1.165, 1.54) is 18.2 Å². The lowest BCUT2D eigenvalue weighted by atomic mass is 10.2. The molecule has 0 atom stereocenters. The fourth-order valence-electron chi connectivity index (χ4n) is 2.33. The second-order valence-electron chi connectivity index (χ2n) is 5.69. The van der Waals surface area contributed by atoms with Crippen LogP contribution in [0, 0.1) is 0 Å². The summed E-state index contributed by atoms with van der Waals surface area (Å²) in [6.07, 6.45) is 4.14. The van der Waals surface area contributed by atoms with Crippen LogP contribution in [0.1, 0.15) is 19.4 Å². The van der Waals surface area contributed by atoms with Crippen LogP contribution in [0.4, 0.5) is 5.69 Å². The molecule has 1 N–H and O–H groups in total. The predicted octanol–water partition coefficient (Wildman–Crippen LogP) is 3.54. The highest BCUT2D eigenvalue weighted by atomic mass is 32.2. The van der Waals surface area contributed by atoms with Gasteiger partial charge in [0, 0.05) is 18.0 Å². The highest BCUT2D eigenvalue weighted by Gasteiger charge is 2.08. The first kappa shape index (κ1) is 20.5. The number of sulfone groups is 1. The number of anilines is 1. The Hall–Kier alpha value is -2.80. The van der Waals surface area contributed by atoms with Crippen LogP contribution < -0.4 is 14.8 Å². The summed E-state index contributed by atoms with van der Waals surface area (Å²) in [4.78, 5) is 12.3. The highest BCUT2D eigenvalue weighted by Crippen LogP contribution is 2.29. The number of hydrogen-bond acceptors (Lipinski definition) is 5. The first-order chi connectivity index (χ1) is 12.8. The van der Waals surface area contributed by atoms with Crippen molar-refractivity contribution in [1.82, 2.24) is 0 Å². The molecular formula is C20H23NO5S. The molecule has 2 aromatic rings. The van der Waals surface area contributed by atoms with Gasteiger partial charge in [-0.05, 0) is 55.8 Å². The maximum absolute atomic E-state index is 12.1. The predicted molar refractivity (Wildman–Crippen MR) is 106 cm³/mol. The molecule has 0 aliphatic rings. The van der Waals surface area contributed by atoms with Gasteiger partial charge >= 0.3 is 0 Å². The van der Waals surface area contributed by atoms with Crippen LogP contribution in [-0.4, -0.2) is 33.8 Å². The molecule has 7 heteroatoms. The Kier molecular flexibility index (Phi) is 7.01. The third-order valence-corrected chi connectivity index (χ3v) is 4.63. The van der Waals surface area contributed by atoms with Crippen LogP contribution in [0.5, 0.6) is 11.5 Å². The van der Waals surface area contributed by atoms with E-state index in [1.807, 2.05) is 19.9 Å². The summed E-state index contributed by atoms with van der Waals surface area (Å²) in [6, 6.07) is 11.5. The molecule has 1 amide bonds. The van der Waals surface area contributed by atoms with Crippen LogP contribution >= 0.6 is 0 Å². The number of ether oxygens (including phenoxy) is 2. The van der Waals surface area contributed by atoms with E-state index in [-0.39, 0.29) is 10.8 Å². The van der Waals surface area contributed by atoms with E-state index in [1.54, 1.807) is 30.3 Å². The Morgan fingerprint density at radius 3 is 2.41 bits per heavy atom. The molecule has 27 heavy (non-hydrogen) atoms. The monoisotopic (exact) mass is 389 g/mol. The SMILES string of the molecule is CCOc1ccc(/C=C/C(=O)Nc2cccc(S(C)(=O)=O)c2)cc1OCC. The zero-order valence-electron chi connectivity index (χ0n) is 15.6. The number of carbonyl (C=O) groups is 1. The number of amides is 1. The van der Waals surface area contributed by atoms with E-state index in [9.17, 15) is 13.2 Å². The van der Waals surface area contributed by atoms with Crippen LogP contribution in [0.3, 0.4) is 0 Å². The quantitative estimate of drug-likeness (QED) is 0.699. The van der Waals surface area contributed by atoms with Crippen molar-refractivity contribution in [3.8, 4) is 11.5 Å². The van der Waals surface area contributed by atoms with Gasteiger partial charge in [0.25, 0.3) is 0 Å². The van der Waals surface area contributed by atoms with E-state index in [2.05, 4.69) is 5.32 Å². The fraction of sp³-hybridized carbons (Fsp3) is 0.250. The Labute approximate surface area is 159 Å². The molecule has 0 heterocycles. The van der Waals surface area contributed by atoms with Gasteiger partial charge in [-0.3, -0.25) is 4.79 Å². The molecule has 0 saturated carbocycles. The average Bonchev–Trinajstić information content (AvgIpc) is 2.62. The molecule has 0 radical (unpaired) electrons. The van der Waals surface area contributed by atoms with Gasteiger partial charge in [0.2, 0.25) is 5.91 Å². The second-order valence-corrected chi connectivity index (χ2v) is 7.71. The van der Waals surface area contributed by atoms with Gasteiger partial charge in [0.15, 0.2) is 21.3 Å². The van der Waals surface area contributed by atoms with Gasteiger partial charge in [0.1, 0.15) is 0 Å². The van der Waals surface area contributed by atoms with E-state index < -0.39 is 9.84 Å². The van der Waals surface area contributed by atoms with Gasteiger partial charge in [-0.1, -0.05) is 12.1 Å². The lowest BCUT2D eigenvalue weighted by molar-refractivity contribution is -0.111. The molecule has 0 aromatic heterocycles. The van der Waals surface area contributed by atoms with Crippen LogP contribution in [-0.2, 0) is 14.6 Å². The number of rotatable bonds is 8. The summed E-state index contributed by atoms with van der Waals surface area (Å²) in [5.41, 5.74) is 1.19. The molecule has 2 rings (SSSR count). The molecule has 0 bridgehead atoms. The Morgan fingerprint density at radius 1 is 1.04 bits per heavy atom. The lowest BCUT2D eigenvalue weighted by Gasteiger charge is -2.11. The third-order valence-electron chi connectivity index (χ3n) is 3.52. The molecule has 144 valence electrons. The summed E-state index contributed by atoms with van der Waals surface area (Å²) < 4.78 is 34.3. The highest BCUT2D eigenvalue weighted by molar-refractivity contribution is 7.90. The van der Waals surface area contributed by atoms with E-state index in [4.69, 9.17) is 9.47 Å². The van der Waals surface area contributed by atoms with E-state index >= 15 is 0 Å². The van der Waals surface area contributed by atoms with Crippen molar-refractivity contribution < 1.29 is 22.7 Å². The number of hydrogen-bond donors (Lipinski definition) is 1. The summed E-state index contributed by atoms with van der Waals surface area (Å²) in [5.74, 6) is 0.897. The van der Waals surface area contributed by atoms with Gasteiger partial charge in [-0.15, -0.1) is 0 Å². The number of nitrogens with one attached hydrogen (secondary N) is 1. The van der Waals surface area contributed by atoms with Crippen molar-refractivity contribution in [2.75, 3.05) is 24.8 Å². The molecule has 0 aliphatic carbocycles. The smallest absolute Gasteiger partial charge is 0.248 e. The molecule has 0 saturated heterocycles. The topological polar surface area (TPSA) is 81.7 Å².